The number of hydrogen-bond donors (Lipinski definition) is 0. The molecule has 0 saturated heterocycles. The van der Waals surface area contributed by atoms with Crippen LogP contribution in [-0.2, 0) is 0 Å². The zero-order valence-electron chi connectivity index (χ0n) is 13.9. The molecule has 0 aliphatic carbocycles. The first-order valence-corrected chi connectivity index (χ1v) is 8.46. The topological polar surface area (TPSA) is 39.8 Å². The third kappa shape index (κ3) is 5.52. The highest BCUT2D eigenvalue weighted by Gasteiger charge is 2.13. The summed E-state index contributed by atoms with van der Waals surface area (Å²) in [7, 11) is 0. The van der Waals surface area contributed by atoms with Crippen LogP contribution in [-0.4, -0.2) is 4.98 Å². The molecule has 0 radical (unpaired) electrons. The highest BCUT2D eigenvalue weighted by Crippen LogP contribution is 2.29. The summed E-state index contributed by atoms with van der Waals surface area (Å²) in [5.41, 5.74) is 3.21. The molecule has 2 heterocycles. The van der Waals surface area contributed by atoms with Gasteiger partial charge in [0.2, 0.25) is 0 Å². The van der Waals surface area contributed by atoms with Crippen molar-refractivity contribution in [2.75, 3.05) is 0 Å². The maximum Gasteiger partial charge on any atom is 0.199 e. The second-order valence-corrected chi connectivity index (χ2v) is 7.11. The van der Waals surface area contributed by atoms with Gasteiger partial charge < -0.3 is 5.21 Å². The van der Waals surface area contributed by atoms with Gasteiger partial charge in [0.05, 0.1) is 5.02 Å². The fourth-order valence-corrected chi connectivity index (χ4v) is 3.64. The van der Waals surface area contributed by atoms with Crippen LogP contribution in [0.3, 0.4) is 0 Å². The molecule has 0 amide bonds. The van der Waals surface area contributed by atoms with E-state index in [0.29, 0.717) is 20.7 Å². The summed E-state index contributed by atoms with van der Waals surface area (Å²) in [6, 6.07) is 0. The maximum atomic E-state index is 10.8. The molecule has 0 atom stereocenters. The first-order valence-electron chi connectivity index (χ1n) is 7.32. The van der Waals surface area contributed by atoms with E-state index < -0.39 is 0 Å². The van der Waals surface area contributed by atoms with E-state index in [-0.39, 0.29) is 5.92 Å². The van der Waals surface area contributed by atoms with Gasteiger partial charge in [0.1, 0.15) is 10.0 Å². The minimum absolute atomic E-state index is 0.228. The van der Waals surface area contributed by atoms with Crippen molar-refractivity contribution >= 4 is 34.8 Å². The average Bonchev–Trinajstić information content (AvgIpc) is 2.36. The van der Waals surface area contributed by atoms with Crippen LogP contribution in [0.1, 0.15) is 56.2 Å². The fraction of sp³-hybridized carbons (Fsp3) is 0.412. The number of aromatic nitrogens is 2. The minimum atomic E-state index is 0.228. The highest BCUT2D eigenvalue weighted by molar-refractivity contribution is 6.35. The second kappa shape index (κ2) is 8.72. The molecule has 6 heteroatoms. The Labute approximate surface area is 152 Å². The molecule has 2 aromatic rings. The number of pyridine rings is 2. The van der Waals surface area contributed by atoms with Crippen molar-refractivity contribution in [1.82, 2.24) is 4.98 Å². The summed E-state index contributed by atoms with van der Waals surface area (Å²) in [6.07, 6.45) is 6.16. The Bertz CT molecular complexity index is 630. The first-order chi connectivity index (χ1) is 10.6. The van der Waals surface area contributed by atoms with Crippen LogP contribution in [0.15, 0.2) is 24.8 Å². The van der Waals surface area contributed by atoms with Gasteiger partial charge >= 0.3 is 0 Å². The lowest BCUT2D eigenvalue weighted by Crippen LogP contribution is -2.25. The van der Waals surface area contributed by atoms with Crippen molar-refractivity contribution in [3.63, 3.8) is 0 Å². The standard InChI is InChI=1S/C9H12ClN.C8H9Cl2NO/c1-6(2)9-7(3)4-11-5-8(9)10;1-5(2)8-6(9)3-11(12)4-7(8)10/h4-6H,1-3H3;3-5H,1-2H3. The number of aryl methyl sites for hydroxylation is 1. The van der Waals surface area contributed by atoms with E-state index in [2.05, 4.69) is 18.8 Å². The number of hydrogen-bond acceptors (Lipinski definition) is 2. The normalized spacial score (nSPS) is 10.7. The minimum Gasteiger partial charge on any atom is -0.619 e. The van der Waals surface area contributed by atoms with E-state index in [9.17, 15) is 5.21 Å². The Morgan fingerprint density at radius 2 is 1.35 bits per heavy atom. The average molecular weight is 376 g/mol. The Morgan fingerprint density at radius 3 is 1.70 bits per heavy atom. The fourth-order valence-electron chi connectivity index (χ4n) is 2.34. The van der Waals surface area contributed by atoms with Gasteiger partial charge in [-0.15, -0.1) is 0 Å². The smallest absolute Gasteiger partial charge is 0.199 e. The zero-order chi connectivity index (χ0) is 17.7. The van der Waals surface area contributed by atoms with E-state index in [1.165, 1.54) is 23.5 Å². The van der Waals surface area contributed by atoms with E-state index in [4.69, 9.17) is 34.8 Å². The van der Waals surface area contributed by atoms with Crippen LogP contribution in [0.5, 0.6) is 0 Å². The van der Waals surface area contributed by atoms with Gasteiger partial charge in [0.25, 0.3) is 0 Å². The Morgan fingerprint density at radius 1 is 0.870 bits per heavy atom. The lowest BCUT2D eigenvalue weighted by molar-refractivity contribution is -0.605. The van der Waals surface area contributed by atoms with Crippen molar-refractivity contribution in [3.05, 3.63) is 61.8 Å². The molecule has 0 fully saturated rings. The third-order valence-corrected chi connectivity index (χ3v) is 4.19. The van der Waals surface area contributed by atoms with Gasteiger partial charge in [-0.2, -0.15) is 4.73 Å². The SMILES string of the molecule is CC(C)c1c(Cl)c[n+]([O-])cc1Cl.Cc1cncc(Cl)c1C(C)C. The quantitative estimate of drug-likeness (QED) is 0.483. The Kier molecular flexibility index (Phi) is 7.59. The van der Waals surface area contributed by atoms with Crippen molar-refractivity contribution < 1.29 is 4.73 Å². The van der Waals surface area contributed by atoms with Gasteiger partial charge in [-0.1, -0.05) is 62.5 Å². The molecule has 0 aliphatic heterocycles. The lowest BCUT2D eigenvalue weighted by Gasteiger charge is -2.09. The molecule has 0 unspecified atom stereocenters. The summed E-state index contributed by atoms with van der Waals surface area (Å²) in [4.78, 5) is 3.99. The van der Waals surface area contributed by atoms with Crippen LogP contribution in [0.2, 0.25) is 15.1 Å². The molecule has 0 aromatic carbocycles. The maximum absolute atomic E-state index is 10.8. The molecule has 23 heavy (non-hydrogen) atoms. The van der Waals surface area contributed by atoms with Gasteiger partial charge in [-0.05, 0) is 29.9 Å². The van der Waals surface area contributed by atoms with Crippen molar-refractivity contribution in [2.24, 2.45) is 0 Å². The monoisotopic (exact) mass is 374 g/mol. The summed E-state index contributed by atoms with van der Waals surface area (Å²) < 4.78 is 0.608. The number of halogens is 3. The molecule has 0 aliphatic rings. The van der Waals surface area contributed by atoms with Crippen LogP contribution < -0.4 is 4.73 Å². The zero-order valence-corrected chi connectivity index (χ0v) is 16.2. The van der Waals surface area contributed by atoms with Crippen LogP contribution in [0.4, 0.5) is 0 Å². The molecule has 3 nitrogen and oxygen atoms in total. The van der Waals surface area contributed by atoms with Gasteiger partial charge in [0, 0.05) is 18.0 Å². The van der Waals surface area contributed by atoms with Crippen molar-refractivity contribution in [3.8, 4) is 0 Å². The highest BCUT2D eigenvalue weighted by atomic mass is 35.5. The lowest BCUT2D eigenvalue weighted by atomic mass is 10.0. The molecular formula is C17H21Cl3N2O. The molecule has 126 valence electrons. The van der Waals surface area contributed by atoms with Crippen LogP contribution >= 0.6 is 34.8 Å². The summed E-state index contributed by atoms with van der Waals surface area (Å²) >= 11 is 17.6. The molecule has 2 aromatic heterocycles. The predicted molar refractivity (Wildman–Crippen MR) is 97.6 cm³/mol. The predicted octanol–water partition coefficient (Wildman–Crippen LogP) is 5.92. The summed E-state index contributed by atoms with van der Waals surface area (Å²) in [5.74, 6) is 0.705. The molecule has 0 N–H and O–H groups in total. The van der Waals surface area contributed by atoms with Gasteiger partial charge in [-0.25, -0.2) is 0 Å². The van der Waals surface area contributed by atoms with Gasteiger partial charge in [-0.3, -0.25) is 4.98 Å². The molecule has 0 saturated carbocycles. The summed E-state index contributed by atoms with van der Waals surface area (Å²) in [5, 5.41) is 12.5. The van der Waals surface area contributed by atoms with Crippen LogP contribution in [0.25, 0.3) is 0 Å². The van der Waals surface area contributed by atoms with Crippen molar-refractivity contribution in [2.45, 2.75) is 46.5 Å². The third-order valence-electron chi connectivity index (χ3n) is 3.29. The molecule has 2 rings (SSSR count). The summed E-state index contributed by atoms with van der Waals surface area (Å²) in [6.45, 7) is 10.3. The first kappa shape index (κ1) is 20.0. The Hall–Kier alpha value is -1.03. The van der Waals surface area contributed by atoms with Gasteiger partial charge in [0.15, 0.2) is 12.4 Å². The van der Waals surface area contributed by atoms with E-state index in [0.717, 1.165) is 10.6 Å². The second-order valence-electron chi connectivity index (χ2n) is 5.89. The number of rotatable bonds is 2. The number of nitrogens with zero attached hydrogens (tertiary/aromatic N) is 2. The molecule has 0 spiro atoms. The molecular weight excluding hydrogens is 355 g/mol. The van der Waals surface area contributed by atoms with Crippen LogP contribution in [0, 0.1) is 12.1 Å². The molecule has 0 bridgehead atoms. The van der Waals surface area contributed by atoms with Crippen molar-refractivity contribution in [1.29, 1.82) is 0 Å². The van der Waals surface area contributed by atoms with E-state index in [1.54, 1.807) is 6.20 Å². The van der Waals surface area contributed by atoms with E-state index >= 15 is 0 Å². The largest absolute Gasteiger partial charge is 0.619 e. The Balaban J connectivity index is 0.000000231. The van der Waals surface area contributed by atoms with E-state index in [1.807, 2.05) is 27.0 Å².